The van der Waals surface area contributed by atoms with Crippen LogP contribution in [0.2, 0.25) is 0 Å². The Morgan fingerprint density at radius 1 is 1.40 bits per heavy atom. The minimum absolute atomic E-state index is 0.225. The van der Waals surface area contributed by atoms with Crippen LogP contribution >= 0.6 is 0 Å². The van der Waals surface area contributed by atoms with Gasteiger partial charge in [-0.15, -0.1) is 6.42 Å². The molecule has 0 saturated heterocycles. The molecule has 0 spiro atoms. The lowest BCUT2D eigenvalue weighted by Gasteiger charge is -2.15. The summed E-state index contributed by atoms with van der Waals surface area (Å²) in [6, 6.07) is 6.21. The third kappa shape index (κ3) is 5.29. The quantitative estimate of drug-likeness (QED) is 0.472. The Labute approximate surface area is 119 Å². The maximum Gasteiger partial charge on any atom is 0.192 e. The number of aliphatic imine (C=N–C) groups is 1. The van der Waals surface area contributed by atoms with Crippen LogP contribution in [0.5, 0.6) is 0 Å². The molecule has 1 atom stereocenters. The van der Waals surface area contributed by atoms with Crippen molar-refractivity contribution in [3.8, 4) is 12.3 Å². The number of guanidine groups is 1. The molecule has 1 unspecified atom stereocenters. The van der Waals surface area contributed by atoms with Crippen molar-refractivity contribution in [2.24, 2.45) is 4.99 Å². The molecule has 0 amide bonds. The lowest BCUT2D eigenvalue weighted by atomic mass is 10.1. The van der Waals surface area contributed by atoms with Crippen LogP contribution in [0.15, 0.2) is 29.3 Å². The fourth-order valence-electron chi connectivity index (χ4n) is 1.64. The van der Waals surface area contributed by atoms with E-state index in [9.17, 15) is 4.39 Å². The van der Waals surface area contributed by atoms with Gasteiger partial charge in [-0.25, -0.2) is 4.39 Å². The number of methoxy groups -OCH3 is 1. The normalized spacial score (nSPS) is 12.6. The number of terminal acetylenes is 1. The van der Waals surface area contributed by atoms with E-state index in [0.717, 1.165) is 12.1 Å². The van der Waals surface area contributed by atoms with Crippen molar-refractivity contribution < 1.29 is 9.13 Å². The lowest BCUT2D eigenvalue weighted by molar-refractivity contribution is 0.111. The van der Waals surface area contributed by atoms with E-state index in [0.29, 0.717) is 19.0 Å². The number of halogens is 1. The molecule has 0 radical (unpaired) electrons. The predicted molar refractivity (Wildman–Crippen MR) is 79.0 cm³/mol. The van der Waals surface area contributed by atoms with Crippen LogP contribution in [0.3, 0.4) is 0 Å². The summed E-state index contributed by atoms with van der Waals surface area (Å²) in [5.74, 6) is 2.86. The third-order valence-corrected chi connectivity index (χ3v) is 2.64. The van der Waals surface area contributed by atoms with Gasteiger partial charge in [-0.3, -0.25) is 4.99 Å². The molecule has 4 nitrogen and oxygen atoms in total. The summed E-state index contributed by atoms with van der Waals surface area (Å²) in [6.07, 6.45) is 4.98. The molecule has 0 bridgehead atoms. The molecule has 0 aliphatic heterocycles. The third-order valence-electron chi connectivity index (χ3n) is 2.64. The first-order valence-electron chi connectivity index (χ1n) is 6.45. The number of nitrogens with one attached hydrogen (secondary N) is 2. The molecule has 0 aromatic heterocycles. The van der Waals surface area contributed by atoms with E-state index < -0.39 is 0 Å². The van der Waals surface area contributed by atoms with E-state index >= 15 is 0 Å². The van der Waals surface area contributed by atoms with Crippen molar-refractivity contribution in [2.45, 2.75) is 13.0 Å². The van der Waals surface area contributed by atoms with Gasteiger partial charge in [0.05, 0.1) is 13.1 Å². The highest BCUT2D eigenvalue weighted by Gasteiger charge is 2.10. The summed E-state index contributed by atoms with van der Waals surface area (Å²) >= 11 is 0. The summed E-state index contributed by atoms with van der Waals surface area (Å²) in [4.78, 5) is 4.40. The largest absolute Gasteiger partial charge is 0.375 e. The molecule has 108 valence electrons. The molecular formula is C15H20FN3O. The summed E-state index contributed by atoms with van der Waals surface area (Å²) in [6.45, 7) is 3.54. The molecule has 1 aromatic carbocycles. The zero-order valence-corrected chi connectivity index (χ0v) is 11.8. The highest BCUT2D eigenvalue weighted by molar-refractivity contribution is 5.80. The molecule has 0 saturated carbocycles. The number of hydrogen-bond donors (Lipinski definition) is 2. The van der Waals surface area contributed by atoms with Gasteiger partial charge in [0, 0.05) is 13.7 Å². The second-order valence-electron chi connectivity index (χ2n) is 4.05. The summed E-state index contributed by atoms with van der Waals surface area (Å²) in [5.41, 5.74) is 0.880. The maximum atomic E-state index is 12.9. The standard InChI is InChI=1S/C15H20FN3O/c1-4-10-18-15(17-5-2)19-11-14(20-3)12-6-8-13(16)9-7-12/h1,6-9,14H,5,10-11H2,2-3H3,(H2,17,18,19). The predicted octanol–water partition coefficient (Wildman–Crippen LogP) is 1.70. The second kappa shape index (κ2) is 8.94. The summed E-state index contributed by atoms with van der Waals surface area (Å²) < 4.78 is 18.3. The summed E-state index contributed by atoms with van der Waals surface area (Å²) in [5, 5.41) is 6.08. The van der Waals surface area contributed by atoms with Crippen LogP contribution < -0.4 is 10.6 Å². The molecule has 0 aliphatic carbocycles. The average Bonchev–Trinajstić information content (AvgIpc) is 2.47. The Bertz CT molecular complexity index is 465. The SMILES string of the molecule is C#CCNC(=NCC(OC)c1ccc(F)cc1)NCC. The van der Waals surface area contributed by atoms with Crippen molar-refractivity contribution in [2.75, 3.05) is 26.7 Å². The Kier molecular flexibility index (Phi) is 7.15. The Balaban J connectivity index is 2.70. The van der Waals surface area contributed by atoms with Crippen LogP contribution in [0.25, 0.3) is 0 Å². The fourth-order valence-corrected chi connectivity index (χ4v) is 1.64. The number of hydrogen-bond acceptors (Lipinski definition) is 2. The fraction of sp³-hybridized carbons (Fsp3) is 0.400. The van der Waals surface area contributed by atoms with Gasteiger partial charge >= 0.3 is 0 Å². The number of nitrogens with zero attached hydrogens (tertiary/aromatic N) is 1. The van der Waals surface area contributed by atoms with Crippen LogP contribution in [-0.2, 0) is 4.74 Å². The average molecular weight is 277 g/mol. The van der Waals surface area contributed by atoms with Crippen molar-refractivity contribution in [1.82, 2.24) is 10.6 Å². The van der Waals surface area contributed by atoms with Gasteiger partial charge in [0.1, 0.15) is 11.9 Å². The van der Waals surface area contributed by atoms with Gasteiger partial charge in [0.15, 0.2) is 5.96 Å². The maximum absolute atomic E-state index is 12.9. The van der Waals surface area contributed by atoms with E-state index in [1.165, 1.54) is 12.1 Å². The molecule has 0 aliphatic rings. The van der Waals surface area contributed by atoms with E-state index in [2.05, 4.69) is 21.5 Å². The molecule has 0 fully saturated rings. The van der Waals surface area contributed by atoms with Crippen LogP contribution in [0.1, 0.15) is 18.6 Å². The van der Waals surface area contributed by atoms with E-state index in [1.807, 2.05) is 6.92 Å². The van der Waals surface area contributed by atoms with Gasteiger partial charge in [-0.05, 0) is 24.6 Å². The number of ether oxygens (including phenoxy) is 1. The van der Waals surface area contributed by atoms with Crippen molar-refractivity contribution in [3.05, 3.63) is 35.6 Å². The minimum Gasteiger partial charge on any atom is -0.375 e. The minimum atomic E-state index is -0.267. The van der Waals surface area contributed by atoms with Gasteiger partial charge in [0.25, 0.3) is 0 Å². The first kappa shape index (κ1) is 16.0. The Morgan fingerprint density at radius 3 is 2.65 bits per heavy atom. The molecular weight excluding hydrogens is 257 g/mol. The molecule has 20 heavy (non-hydrogen) atoms. The van der Waals surface area contributed by atoms with Gasteiger partial charge in [0.2, 0.25) is 0 Å². The van der Waals surface area contributed by atoms with Crippen LogP contribution in [-0.4, -0.2) is 32.7 Å². The van der Waals surface area contributed by atoms with E-state index in [4.69, 9.17) is 11.2 Å². The molecule has 0 heterocycles. The highest BCUT2D eigenvalue weighted by Crippen LogP contribution is 2.17. The van der Waals surface area contributed by atoms with E-state index in [1.54, 1.807) is 19.2 Å². The zero-order chi connectivity index (χ0) is 14.8. The van der Waals surface area contributed by atoms with Gasteiger partial charge < -0.3 is 15.4 Å². The number of rotatable bonds is 6. The van der Waals surface area contributed by atoms with Gasteiger partial charge in [-0.1, -0.05) is 18.1 Å². The van der Waals surface area contributed by atoms with Crippen LogP contribution in [0, 0.1) is 18.2 Å². The molecule has 2 N–H and O–H groups in total. The van der Waals surface area contributed by atoms with Crippen molar-refractivity contribution >= 4 is 5.96 Å². The Morgan fingerprint density at radius 2 is 2.10 bits per heavy atom. The van der Waals surface area contributed by atoms with Crippen LogP contribution in [0.4, 0.5) is 4.39 Å². The molecule has 5 heteroatoms. The van der Waals surface area contributed by atoms with Crippen molar-refractivity contribution in [3.63, 3.8) is 0 Å². The van der Waals surface area contributed by atoms with Gasteiger partial charge in [-0.2, -0.15) is 0 Å². The van der Waals surface area contributed by atoms with Crippen molar-refractivity contribution in [1.29, 1.82) is 0 Å². The monoisotopic (exact) mass is 277 g/mol. The first-order valence-corrected chi connectivity index (χ1v) is 6.45. The first-order chi connectivity index (χ1) is 9.71. The number of benzene rings is 1. The Hall–Kier alpha value is -2.06. The molecule has 1 rings (SSSR count). The summed E-state index contributed by atoms with van der Waals surface area (Å²) in [7, 11) is 1.60. The lowest BCUT2D eigenvalue weighted by Crippen LogP contribution is -2.37. The smallest absolute Gasteiger partial charge is 0.192 e. The zero-order valence-electron chi connectivity index (χ0n) is 11.8. The highest BCUT2D eigenvalue weighted by atomic mass is 19.1. The van der Waals surface area contributed by atoms with E-state index in [-0.39, 0.29) is 11.9 Å². The molecule has 1 aromatic rings. The topological polar surface area (TPSA) is 45.7 Å². The second-order valence-corrected chi connectivity index (χ2v) is 4.05.